The van der Waals surface area contributed by atoms with Crippen LogP contribution < -0.4 is 0 Å². The average Bonchev–Trinajstić information content (AvgIpc) is 2.90. The van der Waals surface area contributed by atoms with Crippen LogP contribution in [0.3, 0.4) is 0 Å². The van der Waals surface area contributed by atoms with Gasteiger partial charge in [-0.3, -0.25) is 9.78 Å². The molecule has 1 amide bonds. The van der Waals surface area contributed by atoms with Crippen LogP contribution in [0, 0.1) is 0 Å². The number of hydrogen-bond donors (Lipinski definition) is 0. The molecule has 2 atom stereocenters. The second-order valence-electron chi connectivity index (χ2n) is 4.05. The second kappa shape index (κ2) is 5.62. The molecule has 1 aliphatic rings. The summed E-state index contributed by atoms with van der Waals surface area (Å²) in [5.74, 6) is 0.00978. The van der Waals surface area contributed by atoms with Crippen LogP contribution in [0.25, 0.3) is 0 Å². The number of pyridine rings is 1. The lowest BCUT2D eigenvalue weighted by atomic mass is 10.0. The number of carbonyl (C=O) groups excluding carboxylic acids is 1. The van der Waals surface area contributed by atoms with E-state index >= 15 is 0 Å². The van der Waals surface area contributed by atoms with Crippen LogP contribution in [0.2, 0.25) is 0 Å². The van der Waals surface area contributed by atoms with E-state index in [1.807, 2.05) is 26.0 Å². The molecule has 18 heavy (non-hydrogen) atoms. The summed E-state index contributed by atoms with van der Waals surface area (Å²) < 4.78 is 5.44. The van der Waals surface area contributed by atoms with Gasteiger partial charge in [0.1, 0.15) is 0 Å². The molecule has 1 aromatic heterocycles. The highest BCUT2D eigenvalue weighted by Crippen LogP contribution is 2.27. The monoisotopic (exact) mass is 247 g/mol. The fourth-order valence-electron chi connectivity index (χ4n) is 2.05. The number of hydrogen-bond acceptors (Lipinski definition) is 4. The van der Waals surface area contributed by atoms with Crippen LogP contribution in [-0.2, 0) is 9.53 Å². The zero-order valence-corrected chi connectivity index (χ0v) is 10.6. The zero-order chi connectivity index (χ0) is 13.0. The summed E-state index contributed by atoms with van der Waals surface area (Å²) in [5, 5.41) is 0. The zero-order valence-electron chi connectivity index (χ0n) is 10.6. The maximum Gasteiger partial charge on any atom is 0.251 e. The number of likely N-dealkylation sites (N-methyl/N-ethyl adjacent to an activating group) is 1. The van der Waals surface area contributed by atoms with E-state index < -0.39 is 6.04 Å². The first-order chi connectivity index (χ1) is 8.77. The van der Waals surface area contributed by atoms with E-state index in [1.165, 1.54) is 6.40 Å². The van der Waals surface area contributed by atoms with Crippen molar-refractivity contribution >= 4 is 12.3 Å². The first-order valence-electron chi connectivity index (χ1n) is 6.13. The predicted octanol–water partition coefficient (Wildman–Crippen LogP) is 1.42. The first-order valence-corrected chi connectivity index (χ1v) is 6.13. The Labute approximate surface area is 106 Å². The standard InChI is InChI=1S/C13H17N3O2/c1-3-16(4-2)13(17)11-12(18-9-15-11)10-5-7-14-8-6-10/h5-9,11-12H,3-4H2,1-2H3/t11-,12+/m1/s1. The van der Waals surface area contributed by atoms with Crippen molar-refractivity contribution in [3.63, 3.8) is 0 Å². The van der Waals surface area contributed by atoms with Crippen molar-refractivity contribution in [2.24, 2.45) is 4.99 Å². The van der Waals surface area contributed by atoms with Crippen molar-refractivity contribution in [1.29, 1.82) is 0 Å². The van der Waals surface area contributed by atoms with Gasteiger partial charge in [0, 0.05) is 25.5 Å². The van der Waals surface area contributed by atoms with Gasteiger partial charge in [-0.05, 0) is 31.5 Å². The molecule has 0 aliphatic carbocycles. The molecule has 0 saturated carbocycles. The number of aliphatic imine (C=N–C) groups is 1. The lowest BCUT2D eigenvalue weighted by Crippen LogP contribution is -2.39. The number of nitrogens with zero attached hydrogens (tertiary/aromatic N) is 3. The topological polar surface area (TPSA) is 54.8 Å². The van der Waals surface area contributed by atoms with Gasteiger partial charge in [0.15, 0.2) is 18.5 Å². The maximum atomic E-state index is 12.3. The highest BCUT2D eigenvalue weighted by Gasteiger charge is 2.35. The highest BCUT2D eigenvalue weighted by atomic mass is 16.5. The van der Waals surface area contributed by atoms with Crippen LogP contribution in [-0.4, -0.2) is 41.3 Å². The van der Waals surface area contributed by atoms with Crippen LogP contribution in [0.15, 0.2) is 29.5 Å². The molecule has 0 bridgehead atoms. The number of amides is 1. The van der Waals surface area contributed by atoms with E-state index in [9.17, 15) is 4.79 Å². The smallest absolute Gasteiger partial charge is 0.251 e. The SMILES string of the molecule is CCN(CC)C(=O)[C@@H]1N=CO[C@H]1c1ccncc1. The van der Waals surface area contributed by atoms with Crippen molar-refractivity contribution in [2.45, 2.75) is 26.0 Å². The quantitative estimate of drug-likeness (QED) is 0.808. The van der Waals surface area contributed by atoms with Gasteiger partial charge in [0.2, 0.25) is 0 Å². The predicted molar refractivity (Wildman–Crippen MR) is 68.3 cm³/mol. The molecular formula is C13H17N3O2. The molecule has 0 spiro atoms. The molecule has 1 aromatic rings. The third-order valence-electron chi connectivity index (χ3n) is 3.08. The third-order valence-corrected chi connectivity index (χ3v) is 3.08. The first kappa shape index (κ1) is 12.5. The van der Waals surface area contributed by atoms with E-state index in [0.717, 1.165) is 5.56 Å². The van der Waals surface area contributed by atoms with Crippen molar-refractivity contribution in [3.05, 3.63) is 30.1 Å². The fourth-order valence-corrected chi connectivity index (χ4v) is 2.05. The largest absolute Gasteiger partial charge is 0.473 e. The van der Waals surface area contributed by atoms with Gasteiger partial charge >= 0.3 is 0 Å². The number of rotatable bonds is 4. The Morgan fingerprint density at radius 1 is 1.33 bits per heavy atom. The molecule has 0 aromatic carbocycles. The molecule has 5 heteroatoms. The van der Waals surface area contributed by atoms with Crippen molar-refractivity contribution in [1.82, 2.24) is 9.88 Å². The second-order valence-corrected chi connectivity index (χ2v) is 4.05. The van der Waals surface area contributed by atoms with Crippen LogP contribution in [0.5, 0.6) is 0 Å². The fraction of sp³-hybridized carbons (Fsp3) is 0.462. The van der Waals surface area contributed by atoms with Gasteiger partial charge in [-0.2, -0.15) is 0 Å². The lowest BCUT2D eigenvalue weighted by Gasteiger charge is -2.24. The molecule has 0 fully saturated rings. The summed E-state index contributed by atoms with van der Waals surface area (Å²) in [4.78, 5) is 22.2. The van der Waals surface area contributed by atoms with Crippen molar-refractivity contribution < 1.29 is 9.53 Å². The molecule has 0 saturated heterocycles. The molecule has 96 valence electrons. The van der Waals surface area contributed by atoms with E-state index in [4.69, 9.17) is 4.74 Å². The minimum atomic E-state index is -0.479. The minimum absolute atomic E-state index is 0.00978. The molecule has 0 radical (unpaired) electrons. The van der Waals surface area contributed by atoms with Gasteiger partial charge < -0.3 is 9.64 Å². The van der Waals surface area contributed by atoms with E-state index in [-0.39, 0.29) is 12.0 Å². The number of ether oxygens (including phenoxy) is 1. The molecule has 5 nitrogen and oxygen atoms in total. The Morgan fingerprint density at radius 3 is 2.61 bits per heavy atom. The normalized spacial score (nSPS) is 21.7. The number of carbonyl (C=O) groups is 1. The Morgan fingerprint density at radius 2 is 2.00 bits per heavy atom. The third kappa shape index (κ3) is 2.34. The van der Waals surface area contributed by atoms with Gasteiger partial charge in [-0.25, -0.2) is 4.99 Å². The summed E-state index contributed by atoms with van der Waals surface area (Å²) in [6, 6.07) is 3.22. The maximum absolute atomic E-state index is 12.3. The summed E-state index contributed by atoms with van der Waals surface area (Å²) in [6.45, 7) is 5.29. The van der Waals surface area contributed by atoms with Crippen LogP contribution >= 0.6 is 0 Å². The van der Waals surface area contributed by atoms with E-state index in [0.29, 0.717) is 13.1 Å². The molecule has 2 rings (SSSR count). The molecule has 0 unspecified atom stereocenters. The molecular weight excluding hydrogens is 230 g/mol. The van der Waals surface area contributed by atoms with Gasteiger partial charge in [0.25, 0.3) is 5.91 Å². The summed E-state index contributed by atoms with van der Waals surface area (Å²) in [5.41, 5.74) is 0.924. The lowest BCUT2D eigenvalue weighted by molar-refractivity contribution is -0.133. The molecule has 1 aliphatic heterocycles. The van der Waals surface area contributed by atoms with Crippen LogP contribution in [0.4, 0.5) is 0 Å². The average molecular weight is 247 g/mol. The Kier molecular flexibility index (Phi) is 3.92. The van der Waals surface area contributed by atoms with E-state index in [2.05, 4.69) is 9.98 Å². The van der Waals surface area contributed by atoms with Crippen molar-refractivity contribution in [2.75, 3.05) is 13.1 Å². The van der Waals surface area contributed by atoms with Crippen molar-refractivity contribution in [3.8, 4) is 0 Å². The summed E-state index contributed by atoms with van der Waals surface area (Å²) in [7, 11) is 0. The van der Waals surface area contributed by atoms with Gasteiger partial charge in [-0.15, -0.1) is 0 Å². The van der Waals surface area contributed by atoms with Gasteiger partial charge in [-0.1, -0.05) is 0 Å². The Balaban J connectivity index is 2.17. The Hall–Kier alpha value is -1.91. The van der Waals surface area contributed by atoms with Gasteiger partial charge in [0.05, 0.1) is 0 Å². The minimum Gasteiger partial charge on any atom is -0.473 e. The molecule has 2 heterocycles. The Bertz CT molecular complexity index is 429. The summed E-state index contributed by atoms with van der Waals surface area (Å²) in [6.07, 6.45) is 4.42. The summed E-state index contributed by atoms with van der Waals surface area (Å²) >= 11 is 0. The number of aromatic nitrogens is 1. The van der Waals surface area contributed by atoms with Crippen LogP contribution in [0.1, 0.15) is 25.5 Å². The molecule has 0 N–H and O–H groups in total. The highest BCUT2D eigenvalue weighted by molar-refractivity contribution is 5.85. The van der Waals surface area contributed by atoms with E-state index in [1.54, 1.807) is 17.3 Å².